The maximum Gasteiger partial charge on any atom is 0.328 e. The SMILES string of the molecule is Cc1ccc(S(=O)(=O)NC2Cc3ccc(C(=CC(=O)O)c4cccnc4)cc3C2)cc1. The van der Waals surface area contributed by atoms with Gasteiger partial charge in [-0.3, -0.25) is 4.98 Å². The van der Waals surface area contributed by atoms with E-state index >= 15 is 0 Å². The molecule has 1 atom stereocenters. The minimum atomic E-state index is -3.61. The Bertz CT molecular complexity index is 1250. The number of pyridine rings is 1. The molecule has 0 bridgehead atoms. The van der Waals surface area contributed by atoms with Crippen molar-refractivity contribution >= 4 is 21.6 Å². The van der Waals surface area contributed by atoms with Crippen LogP contribution < -0.4 is 4.72 Å². The van der Waals surface area contributed by atoms with E-state index in [1.54, 1.807) is 42.7 Å². The summed E-state index contributed by atoms with van der Waals surface area (Å²) >= 11 is 0. The molecular weight excluding hydrogens is 412 g/mol. The first-order chi connectivity index (χ1) is 14.8. The van der Waals surface area contributed by atoms with Gasteiger partial charge in [-0.25, -0.2) is 17.9 Å². The number of carbonyl (C=O) groups is 1. The molecule has 0 spiro atoms. The highest BCUT2D eigenvalue weighted by atomic mass is 32.2. The van der Waals surface area contributed by atoms with Gasteiger partial charge in [-0.05, 0) is 60.2 Å². The third-order valence-electron chi connectivity index (χ3n) is 5.34. The average Bonchev–Trinajstić information content (AvgIpc) is 3.13. The molecule has 1 aliphatic carbocycles. The number of aliphatic carboxylic acids is 1. The summed E-state index contributed by atoms with van der Waals surface area (Å²) in [6.45, 7) is 1.91. The van der Waals surface area contributed by atoms with Crippen molar-refractivity contribution in [1.82, 2.24) is 9.71 Å². The summed E-state index contributed by atoms with van der Waals surface area (Å²) in [5.74, 6) is -1.04. The second-order valence-electron chi connectivity index (χ2n) is 7.66. The van der Waals surface area contributed by atoms with Gasteiger partial charge < -0.3 is 5.11 Å². The van der Waals surface area contributed by atoms with Gasteiger partial charge in [0.2, 0.25) is 10.0 Å². The number of hydrogen-bond donors (Lipinski definition) is 2. The van der Waals surface area contributed by atoms with Gasteiger partial charge >= 0.3 is 5.97 Å². The van der Waals surface area contributed by atoms with Gasteiger partial charge in [-0.2, -0.15) is 0 Å². The van der Waals surface area contributed by atoms with Gasteiger partial charge in [0.1, 0.15) is 0 Å². The first kappa shape index (κ1) is 21.0. The van der Waals surface area contributed by atoms with Crippen LogP contribution in [-0.4, -0.2) is 30.5 Å². The standard InChI is InChI=1S/C24H22N2O4S/c1-16-4-8-22(9-5-16)31(29,30)26-21-12-17-6-7-18(11-20(17)13-21)23(14-24(27)28)19-3-2-10-25-15-19/h2-11,14-15,21,26H,12-13H2,1H3,(H,27,28). The van der Waals surface area contributed by atoms with Crippen molar-refractivity contribution in [2.75, 3.05) is 0 Å². The number of carboxylic acid groups (broad SMARTS) is 1. The summed E-state index contributed by atoms with van der Waals surface area (Å²) in [5.41, 5.74) is 5.09. The van der Waals surface area contributed by atoms with Gasteiger partial charge in [-0.1, -0.05) is 42.0 Å². The number of sulfonamides is 1. The van der Waals surface area contributed by atoms with Gasteiger partial charge in [0.05, 0.1) is 4.90 Å². The molecule has 2 aromatic carbocycles. The van der Waals surface area contributed by atoms with Crippen LogP contribution in [0.5, 0.6) is 0 Å². The largest absolute Gasteiger partial charge is 0.478 e. The zero-order chi connectivity index (χ0) is 22.0. The fourth-order valence-electron chi connectivity index (χ4n) is 3.85. The molecule has 0 fully saturated rings. The lowest BCUT2D eigenvalue weighted by Gasteiger charge is -2.12. The van der Waals surface area contributed by atoms with Gasteiger partial charge in [0.25, 0.3) is 0 Å². The molecule has 1 aliphatic rings. The van der Waals surface area contributed by atoms with E-state index in [2.05, 4.69) is 9.71 Å². The van der Waals surface area contributed by atoms with E-state index in [9.17, 15) is 18.3 Å². The Hall–Kier alpha value is -3.29. The van der Waals surface area contributed by atoms with E-state index in [1.807, 2.05) is 31.2 Å². The first-order valence-electron chi connectivity index (χ1n) is 9.88. The number of fused-ring (bicyclic) bond motifs is 1. The van der Waals surface area contributed by atoms with Crippen molar-refractivity contribution < 1.29 is 18.3 Å². The lowest BCUT2D eigenvalue weighted by atomic mass is 9.96. The molecule has 0 saturated heterocycles. The van der Waals surface area contributed by atoms with E-state index in [4.69, 9.17) is 0 Å². The molecular formula is C24H22N2O4S. The Kier molecular flexibility index (Phi) is 5.71. The number of nitrogens with one attached hydrogen (secondary N) is 1. The molecule has 4 rings (SSSR count). The van der Waals surface area contributed by atoms with E-state index in [1.165, 1.54) is 6.08 Å². The lowest BCUT2D eigenvalue weighted by Crippen LogP contribution is -2.35. The van der Waals surface area contributed by atoms with Crippen molar-refractivity contribution in [3.63, 3.8) is 0 Å². The fraction of sp³-hybridized carbons (Fsp3) is 0.167. The van der Waals surface area contributed by atoms with Crippen molar-refractivity contribution in [2.45, 2.75) is 30.7 Å². The normalized spacial score (nSPS) is 16.2. The van der Waals surface area contributed by atoms with Crippen LogP contribution in [0.1, 0.15) is 27.8 Å². The monoisotopic (exact) mass is 434 g/mol. The molecule has 2 N–H and O–H groups in total. The minimum absolute atomic E-state index is 0.248. The summed E-state index contributed by atoms with van der Waals surface area (Å²) in [4.78, 5) is 15.7. The van der Waals surface area contributed by atoms with Gasteiger partial charge in [0.15, 0.2) is 0 Å². The molecule has 0 amide bonds. The van der Waals surface area contributed by atoms with E-state index in [0.717, 1.165) is 22.3 Å². The van der Waals surface area contributed by atoms with Crippen molar-refractivity contribution in [1.29, 1.82) is 0 Å². The third-order valence-corrected chi connectivity index (χ3v) is 6.88. The van der Waals surface area contributed by atoms with Crippen LogP contribution in [0.25, 0.3) is 5.57 Å². The van der Waals surface area contributed by atoms with Crippen LogP contribution >= 0.6 is 0 Å². The van der Waals surface area contributed by atoms with Gasteiger partial charge in [-0.15, -0.1) is 0 Å². The van der Waals surface area contributed by atoms with E-state index in [0.29, 0.717) is 24.0 Å². The zero-order valence-electron chi connectivity index (χ0n) is 16.9. The molecule has 1 heterocycles. The summed E-state index contributed by atoms with van der Waals surface area (Å²) in [6.07, 6.45) is 5.56. The molecule has 31 heavy (non-hydrogen) atoms. The highest BCUT2D eigenvalue weighted by Gasteiger charge is 2.27. The highest BCUT2D eigenvalue weighted by molar-refractivity contribution is 7.89. The zero-order valence-corrected chi connectivity index (χ0v) is 17.8. The number of benzene rings is 2. The highest BCUT2D eigenvalue weighted by Crippen LogP contribution is 2.30. The van der Waals surface area contributed by atoms with Gasteiger partial charge in [0, 0.05) is 30.1 Å². The fourth-order valence-corrected chi connectivity index (χ4v) is 5.09. The Balaban J connectivity index is 1.58. The molecule has 1 unspecified atom stereocenters. The van der Waals surface area contributed by atoms with Crippen LogP contribution in [0.3, 0.4) is 0 Å². The Morgan fingerprint density at radius 3 is 2.48 bits per heavy atom. The molecule has 158 valence electrons. The first-order valence-corrected chi connectivity index (χ1v) is 11.4. The predicted octanol–water partition coefficient (Wildman–Crippen LogP) is 3.35. The Morgan fingerprint density at radius 2 is 1.81 bits per heavy atom. The quantitative estimate of drug-likeness (QED) is 0.580. The smallest absolute Gasteiger partial charge is 0.328 e. The summed E-state index contributed by atoms with van der Waals surface area (Å²) in [5, 5.41) is 9.32. The van der Waals surface area contributed by atoms with Crippen molar-refractivity contribution in [3.05, 3.63) is 101 Å². The van der Waals surface area contributed by atoms with E-state index < -0.39 is 16.0 Å². The third kappa shape index (κ3) is 4.73. The topological polar surface area (TPSA) is 96.4 Å². The van der Waals surface area contributed by atoms with Crippen LogP contribution in [0.15, 0.2) is 78.0 Å². The number of aryl methyl sites for hydroxylation is 1. The molecule has 7 heteroatoms. The molecule has 3 aromatic rings. The summed E-state index contributed by atoms with van der Waals surface area (Å²) in [6, 6.07) is 15.8. The number of aromatic nitrogens is 1. The molecule has 0 radical (unpaired) electrons. The predicted molar refractivity (Wildman–Crippen MR) is 118 cm³/mol. The van der Waals surface area contributed by atoms with Crippen LogP contribution in [0, 0.1) is 6.92 Å². The number of carboxylic acids is 1. The maximum absolute atomic E-state index is 12.7. The summed E-state index contributed by atoms with van der Waals surface area (Å²) < 4.78 is 28.3. The van der Waals surface area contributed by atoms with E-state index in [-0.39, 0.29) is 10.9 Å². The maximum atomic E-state index is 12.7. The van der Waals surface area contributed by atoms with Crippen LogP contribution in [0.4, 0.5) is 0 Å². The second kappa shape index (κ2) is 8.45. The average molecular weight is 435 g/mol. The van der Waals surface area contributed by atoms with Crippen LogP contribution in [0.2, 0.25) is 0 Å². The second-order valence-corrected chi connectivity index (χ2v) is 9.37. The molecule has 1 aromatic heterocycles. The number of rotatable bonds is 6. The summed E-state index contributed by atoms with van der Waals surface area (Å²) in [7, 11) is -3.61. The minimum Gasteiger partial charge on any atom is -0.478 e. The Morgan fingerprint density at radius 1 is 1.06 bits per heavy atom. The molecule has 0 aliphatic heterocycles. The molecule has 0 saturated carbocycles. The van der Waals surface area contributed by atoms with Crippen LogP contribution in [-0.2, 0) is 27.7 Å². The number of nitrogens with zero attached hydrogens (tertiary/aromatic N) is 1. The van der Waals surface area contributed by atoms with Crippen molar-refractivity contribution in [3.8, 4) is 0 Å². The number of hydrogen-bond acceptors (Lipinski definition) is 4. The van der Waals surface area contributed by atoms with Crippen molar-refractivity contribution in [2.24, 2.45) is 0 Å². The lowest BCUT2D eigenvalue weighted by molar-refractivity contribution is -0.131. The Labute approximate surface area is 181 Å². The molecule has 6 nitrogen and oxygen atoms in total.